The van der Waals surface area contributed by atoms with Crippen LogP contribution in [0, 0.1) is 0 Å². The normalized spacial score (nSPS) is 15.6. The van der Waals surface area contributed by atoms with Crippen LogP contribution in [-0.2, 0) is 10.0 Å². The maximum Gasteiger partial charge on any atom is 0.286 e. The van der Waals surface area contributed by atoms with Crippen molar-refractivity contribution < 1.29 is 13.2 Å². The second kappa shape index (κ2) is 4.50. The first kappa shape index (κ1) is 13.0. The molecular weight excluding hydrogens is 300 g/mol. The van der Waals surface area contributed by atoms with Crippen LogP contribution >= 0.6 is 11.6 Å². The van der Waals surface area contributed by atoms with Gasteiger partial charge >= 0.3 is 0 Å². The van der Waals surface area contributed by atoms with Crippen LogP contribution in [-0.4, -0.2) is 14.3 Å². The summed E-state index contributed by atoms with van der Waals surface area (Å²) in [5, 5.41) is 0.287. The van der Waals surface area contributed by atoms with Gasteiger partial charge in [-0.1, -0.05) is 29.8 Å². The lowest BCUT2D eigenvalue weighted by atomic mass is 10.2. The van der Waals surface area contributed by atoms with Crippen molar-refractivity contribution in [3.8, 4) is 5.75 Å². The summed E-state index contributed by atoms with van der Waals surface area (Å²) in [5.74, 6) is 0.167. The zero-order valence-electron chi connectivity index (χ0n) is 10.1. The smallest absolute Gasteiger partial charge is 0.286 e. The number of ether oxygens (including phenoxy) is 1. The fourth-order valence-corrected chi connectivity index (χ4v) is 3.24. The highest BCUT2D eigenvalue weighted by atomic mass is 35.5. The number of sulfonamides is 1. The molecule has 0 spiro atoms. The predicted molar refractivity (Wildman–Crippen MR) is 76.7 cm³/mol. The van der Waals surface area contributed by atoms with Gasteiger partial charge in [0.05, 0.1) is 16.3 Å². The molecule has 0 radical (unpaired) electrons. The van der Waals surface area contributed by atoms with Gasteiger partial charge in [0.1, 0.15) is 4.90 Å². The monoisotopic (exact) mass is 308 g/mol. The molecule has 0 amide bonds. The summed E-state index contributed by atoms with van der Waals surface area (Å²) in [7, 11) is -3.72. The van der Waals surface area contributed by atoms with E-state index in [1.165, 1.54) is 6.07 Å². The van der Waals surface area contributed by atoms with Crippen LogP contribution in [0.25, 0.3) is 0 Å². The van der Waals surface area contributed by atoms with E-state index in [9.17, 15) is 8.42 Å². The maximum absolute atomic E-state index is 11.9. The molecule has 3 rings (SSSR count). The van der Waals surface area contributed by atoms with E-state index >= 15 is 0 Å². The van der Waals surface area contributed by atoms with Gasteiger partial charge in [-0.05, 0) is 24.3 Å². The molecule has 1 heterocycles. The Kier molecular flexibility index (Phi) is 2.92. The molecule has 2 N–H and O–H groups in total. The Hall–Kier alpha value is -2.05. The van der Waals surface area contributed by atoms with Crippen LogP contribution in [0.5, 0.6) is 5.75 Å². The molecule has 0 fully saturated rings. The van der Waals surface area contributed by atoms with Crippen LogP contribution < -0.4 is 10.5 Å². The second-order valence-corrected chi connectivity index (χ2v) is 6.11. The maximum atomic E-state index is 11.9. The molecule has 1 aliphatic heterocycles. The molecule has 2 aromatic rings. The molecule has 0 unspecified atom stereocenters. The summed E-state index contributed by atoms with van der Waals surface area (Å²) in [6.45, 7) is 0. The summed E-state index contributed by atoms with van der Waals surface area (Å²) < 4.78 is 32.9. The van der Waals surface area contributed by atoms with Crippen LogP contribution in [0.2, 0.25) is 5.02 Å². The highest BCUT2D eigenvalue weighted by Gasteiger charge is 2.30. The number of nitrogens with zero attached hydrogens (tertiary/aromatic N) is 1. The Balaban J connectivity index is 2.10. The Labute approximate surface area is 120 Å². The van der Waals surface area contributed by atoms with Gasteiger partial charge in [0.25, 0.3) is 10.0 Å². The average Bonchev–Trinajstić information content (AvgIpc) is 2.66. The van der Waals surface area contributed by atoms with Crippen molar-refractivity contribution >= 4 is 33.2 Å². The average molecular weight is 309 g/mol. The first-order valence-electron chi connectivity index (χ1n) is 5.65. The van der Waals surface area contributed by atoms with Crippen molar-refractivity contribution in [3.63, 3.8) is 0 Å². The van der Waals surface area contributed by atoms with Gasteiger partial charge in [-0.3, -0.25) is 0 Å². The minimum atomic E-state index is -3.72. The number of para-hydroxylation sites is 1. The lowest BCUT2D eigenvalue weighted by molar-refractivity contribution is 0.556. The van der Waals surface area contributed by atoms with Gasteiger partial charge in [-0.25, -0.2) is 0 Å². The number of hydrogen-bond donors (Lipinski definition) is 1. The lowest BCUT2D eigenvalue weighted by Crippen LogP contribution is -2.09. The highest BCUT2D eigenvalue weighted by molar-refractivity contribution is 7.90. The van der Waals surface area contributed by atoms with Crippen molar-refractivity contribution in [2.75, 3.05) is 5.73 Å². The van der Waals surface area contributed by atoms with E-state index in [4.69, 9.17) is 22.1 Å². The Morgan fingerprint density at radius 1 is 1.10 bits per heavy atom. The molecule has 1 aliphatic rings. The predicted octanol–water partition coefficient (Wildman–Crippen LogP) is 2.45. The fraction of sp³-hybridized carbons (Fsp3) is 0. The minimum Gasteiger partial charge on any atom is -0.434 e. The first-order valence-corrected chi connectivity index (χ1v) is 7.47. The van der Waals surface area contributed by atoms with Gasteiger partial charge < -0.3 is 10.5 Å². The number of halogens is 1. The summed E-state index contributed by atoms with van der Waals surface area (Å²) in [6.07, 6.45) is 0. The number of nitrogen functional groups attached to an aromatic ring is 1. The number of anilines is 1. The molecule has 0 aliphatic carbocycles. The van der Waals surface area contributed by atoms with Crippen molar-refractivity contribution in [2.45, 2.75) is 4.90 Å². The topological polar surface area (TPSA) is 81.8 Å². The zero-order valence-corrected chi connectivity index (χ0v) is 11.6. The highest BCUT2D eigenvalue weighted by Crippen LogP contribution is 2.34. The SMILES string of the molecule is Nc1cccc(Cl)c1OC1=NS(=O)(=O)c2ccccc21. The van der Waals surface area contributed by atoms with Crippen molar-refractivity contribution in [2.24, 2.45) is 4.40 Å². The van der Waals surface area contributed by atoms with E-state index < -0.39 is 10.0 Å². The Bertz CT molecular complexity index is 811. The quantitative estimate of drug-likeness (QED) is 0.820. The van der Waals surface area contributed by atoms with E-state index in [-0.39, 0.29) is 21.6 Å². The molecular formula is C13H9ClN2O3S. The number of hydrogen-bond acceptors (Lipinski definition) is 4. The van der Waals surface area contributed by atoms with Crippen LogP contribution in [0.15, 0.2) is 51.8 Å². The molecule has 0 saturated heterocycles. The minimum absolute atomic E-state index is 0.0274. The van der Waals surface area contributed by atoms with E-state index in [0.717, 1.165) is 0 Å². The largest absolute Gasteiger partial charge is 0.434 e. The van der Waals surface area contributed by atoms with Gasteiger partial charge in [0, 0.05) is 0 Å². The molecule has 5 nitrogen and oxygen atoms in total. The third-order valence-corrected chi connectivity index (χ3v) is 4.41. The van der Waals surface area contributed by atoms with Gasteiger partial charge in [0.2, 0.25) is 5.90 Å². The van der Waals surface area contributed by atoms with E-state index in [0.29, 0.717) is 11.3 Å². The molecule has 0 atom stereocenters. The van der Waals surface area contributed by atoms with Crippen molar-refractivity contribution in [3.05, 3.63) is 53.1 Å². The standard InChI is InChI=1S/C13H9ClN2O3S/c14-9-5-3-6-10(15)12(9)19-13-8-4-1-2-7-11(8)20(17,18)16-13/h1-7H,15H2. The van der Waals surface area contributed by atoms with Gasteiger partial charge in [0.15, 0.2) is 5.75 Å². The summed E-state index contributed by atoms with van der Waals surface area (Å²) in [5.41, 5.74) is 6.48. The lowest BCUT2D eigenvalue weighted by Gasteiger charge is -2.09. The molecule has 20 heavy (non-hydrogen) atoms. The summed E-state index contributed by atoms with van der Waals surface area (Å²) in [6, 6.07) is 11.3. The van der Waals surface area contributed by atoms with Crippen LogP contribution in [0.3, 0.4) is 0 Å². The molecule has 0 aromatic heterocycles. The van der Waals surface area contributed by atoms with E-state index in [2.05, 4.69) is 4.40 Å². The second-order valence-electron chi connectivity index (χ2n) is 4.13. The number of benzene rings is 2. The van der Waals surface area contributed by atoms with Gasteiger partial charge in [-0.2, -0.15) is 8.42 Å². The fourth-order valence-electron chi connectivity index (χ4n) is 1.88. The van der Waals surface area contributed by atoms with Gasteiger partial charge in [-0.15, -0.1) is 4.40 Å². The summed E-state index contributed by atoms with van der Waals surface area (Å²) >= 11 is 6.00. The molecule has 102 valence electrons. The number of nitrogens with two attached hydrogens (primary N) is 1. The third-order valence-electron chi connectivity index (χ3n) is 2.79. The Morgan fingerprint density at radius 3 is 2.60 bits per heavy atom. The third kappa shape index (κ3) is 2.03. The first-order chi connectivity index (χ1) is 9.49. The van der Waals surface area contributed by atoms with Crippen LogP contribution in [0.1, 0.15) is 5.56 Å². The number of rotatable bonds is 1. The summed E-state index contributed by atoms with van der Waals surface area (Å²) in [4.78, 5) is 0.112. The molecule has 7 heteroatoms. The van der Waals surface area contributed by atoms with Crippen LogP contribution in [0.4, 0.5) is 5.69 Å². The van der Waals surface area contributed by atoms with Crippen molar-refractivity contribution in [1.82, 2.24) is 0 Å². The Morgan fingerprint density at radius 2 is 1.85 bits per heavy atom. The zero-order chi connectivity index (χ0) is 14.3. The van der Waals surface area contributed by atoms with Crippen molar-refractivity contribution in [1.29, 1.82) is 0 Å². The van der Waals surface area contributed by atoms with E-state index in [1.54, 1.807) is 36.4 Å². The number of fused-ring (bicyclic) bond motifs is 1. The van der Waals surface area contributed by atoms with E-state index in [1.807, 2.05) is 0 Å². The molecule has 0 bridgehead atoms. The molecule has 0 saturated carbocycles. The molecule has 2 aromatic carbocycles.